The molecule has 0 atom stereocenters. The van der Waals surface area contributed by atoms with Crippen molar-refractivity contribution in [2.45, 2.75) is 20.1 Å². The summed E-state index contributed by atoms with van der Waals surface area (Å²) in [5, 5.41) is 5.55. The van der Waals surface area contributed by atoms with Gasteiger partial charge in [-0.15, -0.1) is 0 Å². The van der Waals surface area contributed by atoms with Crippen LogP contribution >= 0.6 is 0 Å². The molecule has 1 aromatic rings. The van der Waals surface area contributed by atoms with Gasteiger partial charge in [0, 0.05) is 26.8 Å². The van der Waals surface area contributed by atoms with E-state index in [1.807, 2.05) is 31.2 Å². The molecule has 106 valence electrons. The number of benzene rings is 1. The van der Waals surface area contributed by atoms with Crippen molar-refractivity contribution >= 4 is 6.03 Å². The third-order valence-corrected chi connectivity index (χ3v) is 2.59. The van der Waals surface area contributed by atoms with Crippen LogP contribution in [0.5, 0.6) is 0 Å². The maximum Gasteiger partial charge on any atom is 0.315 e. The van der Waals surface area contributed by atoms with Crippen LogP contribution < -0.4 is 10.6 Å². The van der Waals surface area contributed by atoms with Crippen molar-refractivity contribution in [3.63, 3.8) is 0 Å². The Morgan fingerprint density at radius 1 is 1.21 bits per heavy atom. The van der Waals surface area contributed by atoms with Gasteiger partial charge in [0.1, 0.15) is 0 Å². The topological polar surface area (TPSA) is 59.6 Å². The molecule has 0 aromatic heterocycles. The molecule has 1 aromatic carbocycles. The van der Waals surface area contributed by atoms with Crippen LogP contribution in [0.15, 0.2) is 24.3 Å². The molecule has 0 fully saturated rings. The first-order valence-electron chi connectivity index (χ1n) is 6.43. The van der Waals surface area contributed by atoms with E-state index in [4.69, 9.17) is 9.47 Å². The Kier molecular flexibility index (Phi) is 7.62. The highest BCUT2D eigenvalue weighted by Crippen LogP contribution is 2.09. The average molecular weight is 266 g/mol. The van der Waals surface area contributed by atoms with Gasteiger partial charge >= 0.3 is 6.03 Å². The van der Waals surface area contributed by atoms with E-state index in [-0.39, 0.29) is 6.03 Å². The summed E-state index contributed by atoms with van der Waals surface area (Å²) in [6.45, 7) is 4.66. The van der Waals surface area contributed by atoms with Crippen molar-refractivity contribution in [1.29, 1.82) is 0 Å². The minimum absolute atomic E-state index is 0.188. The van der Waals surface area contributed by atoms with E-state index >= 15 is 0 Å². The lowest BCUT2D eigenvalue weighted by Crippen LogP contribution is -2.37. The zero-order valence-electron chi connectivity index (χ0n) is 11.6. The van der Waals surface area contributed by atoms with Crippen LogP contribution in [-0.2, 0) is 22.6 Å². The fourth-order valence-corrected chi connectivity index (χ4v) is 1.65. The minimum Gasteiger partial charge on any atom is -0.380 e. The van der Waals surface area contributed by atoms with Crippen molar-refractivity contribution in [3.05, 3.63) is 35.4 Å². The van der Waals surface area contributed by atoms with Gasteiger partial charge in [-0.3, -0.25) is 0 Å². The van der Waals surface area contributed by atoms with Gasteiger partial charge in [0.25, 0.3) is 0 Å². The zero-order valence-corrected chi connectivity index (χ0v) is 11.6. The van der Waals surface area contributed by atoms with E-state index in [0.717, 1.165) is 11.1 Å². The Morgan fingerprint density at radius 2 is 1.95 bits per heavy atom. The van der Waals surface area contributed by atoms with E-state index in [9.17, 15) is 4.79 Å². The molecule has 0 aliphatic carbocycles. The molecule has 0 radical (unpaired) electrons. The van der Waals surface area contributed by atoms with Crippen LogP contribution in [0.2, 0.25) is 0 Å². The molecule has 19 heavy (non-hydrogen) atoms. The highest BCUT2D eigenvalue weighted by atomic mass is 16.5. The number of carbonyl (C=O) groups is 1. The number of nitrogens with one attached hydrogen (secondary N) is 2. The van der Waals surface area contributed by atoms with Gasteiger partial charge in [-0.25, -0.2) is 4.79 Å². The number of ether oxygens (including phenoxy) is 2. The van der Waals surface area contributed by atoms with Gasteiger partial charge in [-0.2, -0.15) is 0 Å². The number of urea groups is 1. The van der Waals surface area contributed by atoms with Crippen LogP contribution in [0.25, 0.3) is 0 Å². The highest BCUT2D eigenvalue weighted by Gasteiger charge is 2.03. The van der Waals surface area contributed by atoms with Gasteiger partial charge in [-0.05, 0) is 18.1 Å². The van der Waals surface area contributed by atoms with Crippen molar-refractivity contribution in [1.82, 2.24) is 10.6 Å². The van der Waals surface area contributed by atoms with Crippen molar-refractivity contribution in [3.8, 4) is 0 Å². The predicted octanol–water partition coefficient (Wildman–Crippen LogP) is 1.67. The molecule has 5 nitrogen and oxygen atoms in total. The Morgan fingerprint density at radius 3 is 2.63 bits per heavy atom. The standard InChI is InChI=1S/C14H22N2O3/c1-3-19-9-8-15-14(17)16-10-12-6-4-5-7-13(12)11-18-2/h4-7H,3,8-11H2,1-2H3,(H2,15,16,17). The SMILES string of the molecule is CCOCCNC(=O)NCc1ccccc1COC. The summed E-state index contributed by atoms with van der Waals surface area (Å²) in [6.07, 6.45) is 0. The number of amides is 2. The molecular formula is C14H22N2O3. The lowest BCUT2D eigenvalue weighted by molar-refractivity contribution is 0.149. The molecule has 0 saturated carbocycles. The first-order valence-corrected chi connectivity index (χ1v) is 6.43. The molecular weight excluding hydrogens is 244 g/mol. The maximum atomic E-state index is 11.5. The lowest BCUT2D eigenvalue weighted by Gasteiger charge is -2.11. The highest BCUT2D eigenvalue weighted by molar-refractivity contribution is 5.73. The third kappa shape index (κ3) is 6.22. The average Bonchev–Trinajstić information content (AvgIpc) is 2.43. The fraction of sp³-hybridized carbons (Fsp3) is 0.500. The first kappa shape index (κ1) is 15.5. The van der Waals surface area contributed by atoms with Crippen LogP contribution in [-0.4, -0.2) is 32.9 Å². The molecule has 0 unspecified atom stereocenters. The van der Waals surface area contributed by atoms with E-state index in [0.29, 0.717) is 32.9 Å². The molecule has 0 bridgehead atoms. The number of rotatable bonds is 8. The molecule has 0 heterocycles. The largest absolute Gasteiger partial charge is 0.380 e. The Hall–Kier alpha value is -1.59. The predicted molar refractivity (Wildman–Crippen MR) is 73.9 cm³/mol. The molecule has 0 aliphatic heterocycles. The monoisotopic (exact) mass is 266 g/mol. The lowest BCUT2D eigenvalue weighted by atomic mass is 10.1. The zero-order chi connectivity index (χ0) is 13.9. The van der Waals surface area contributed by atoms with Gasteiger partial charge in [0.05, 0.1) is 13.2 Å². The van der Waals surface area contributed by atoms with Crippen LogP contribution in [0.4, 0.5) is 4.79 Å². The molecule has 0 aliphatic rings. The number of hydrogen-bond donors (Lipinski definition) is 2. The summed E-state index contributed by atoms with van der Waals surface area (Å²) in [5.41, 5.74) is 2.14. The Labute approximate surface area is 114 Å². The smallest absolute Gasteiger partial charge is 0.315 e. The van der Waals surface area contributed by atoms with Gasteiger partial charge in [-0.1, -0.05) is 24.3 Å². The summed E-state index contributed by atoms with van der Waals surface area (Å²) in [5.74, 6) is 0. The van der Waals surface area contributed by atoms with Crippen molar-refractivity contribution in [2.75, 3.05) is 26.9 Å². The van der Waals surface area contributed by atoms with E-state index in [1.165, 1.54) is 0 Å². The molecule has 5 heteroatoms. The second-order valence-corrected chi connectivity index (χ2v) is 4.01. The van der Waals surface area contributed by atoms with E-state index < -0.39 is 0 Å². The minimum atomic E-state index is -0.188. The second kappa shape index (κ2) is 9.35. The van der Waals surface area contributed by atoms with Crippen molar-refractivity contribution in [2.24, 2.45) is 0 Å². The van der Waals surface area contributed by atoms with Crippen LogP contribution in [0.3, 0.4) is 0 Å². The van der Waals surface area contributed by atoms with Gasteiger partial charge < -0.3 is 20.1 Å². The van der Waals surface area contributed by atoms with E-state index in [1.54, 1.807) is 7.11 Å². The maximum absolute atomic E-state index is 11.5. The fourth-order valence-electron chi connectivity index (χ4n) is 1.65. The van der Waals surface area contributed by atoms with Crippen molar-refractivity contribution < 1.29 is 14.3 Å². The molecule has 0 spiro atoms. The summed E-state index contributed by atoms with van der Waals surface area (Å²) in [4.78, 5) is 11.5. The second-order valence-electron chi connectivity index (χ2n) is 4.01. The number of hydrogen-bond acceptors (Lipinski definition) is 3. The van der Waals surface area contributed by atoms with Gasteiger partial charge in [0.15, 0.2) is 0 Å². The molecule has 1 rings (SSSR count). The first-order chi connectivity index (χ1) is 9.27. The Balaban J connectivity index is 2.33. The summed E-state index contributed by atoms with van der Waals surface area (Å²) >= 11 is 0. The normalized spacial score (nSPS) is 10.2. The summed E-state index contributed by atoms with van der Waals surface area (Å²) in [6, 6.07) is 7.69. The molecule has 2 N–H and O–H groups in total. The van der Waals surface area contributed by atoms with E-state index in [2.05, 4.69) is 10.6 Å². The molecule has 2 amide bonds. The number of methoxy groups -OCH3 is 1. The summed E-state index contributed by atoms with van der Waals surface area (Å²) in [7, 11) is 1.66. The Bertz CT molecular complexity index is 383. The quantitative estimate of drug-likeness (QED) is 0.704. The third-order valence-electron chi connectivity index (χ3n) is 2.59. The summed E-state index contributed by atoms with van der Waals surface area (Å²) < 4.78 is 10.3. The van der Waals surface area contributed by atoms with Gasteiger partial charge in [0.2, 0.25) is 0 Å². The van der Waals surface area contributed by atoms with Crippen LogP contribution in [0, 0.1) is 0 Å². The number of carbonyl (C=O) groups excluding carboxylic acids is 1. The molecule has 0 saturated heterocycles. The van der Waals surface area contributed by atoms with Crippen LogP contribution in [0.1, 0.15) is 18.1 Å².